The fourth-order valence-electron chi connectivity index (χ4n) is 0.408. The SMILES string of the molecule is C=C=NCCSSCCN=C=O. The monoisotopic (exact) mass is 202 g/mol. The van der Waals surface area contributed by atoms with Crippen LogP contribution in [0.1, 0.15) is 0 Å². The van der Waals surface area contributed by atoms with Gasteiger partial charge in [0, 0.05) is 11.5 Å². The van der Waals surface area contributed by atoms with Gasteiger partial charge in [-0.2, -0.15) is 0 Å². The Morgan fingerprint density at radius 2 is 1.75 bits per heavy atom. The highest BCUT2D eigenvalue weighted by Crippen LogP contribution is 2.19. The summed E-state index contributed by atoms with van der Waals surface area (Å²) in [5.74, 6) is 4.25. The molecule has 0 rings (SSSR count). The van der Waals surface area contributed by atoms with E-state index in [0.29, 0.717) is 6.54 Å². The van der Waals surface area contributed by atoms with Crippen molar-refractivity contribution in [2.75, 3.05) is 24.6 Å². The van der Waals surface area contributed by atoms with Crippen molar-refractivity contribution >= 4 is 33.5 Å². The van der Waals surface area contributed by atoms with Crippen molar-refractivity contribution in [3.63, 3.8) is 0 Å². The van der Waals surface area contributed by atoms with E-state index in [2.05, 4.69) is 22.4 Å². The maximum Gasteiger partial charge on any atom is 0.234 e. The van der Waals surface area contributed by atoms with Crippen LogP contribution in [-0.2, 0) is 4.79 Å². The van der Waals surface area contributed by atoms with E-state index in [-0.39, 0.29) is 0 Å². The van der Waals surface area contributed by atoms with Gasteiger partial charge < -0.3 is 0 Å². The smallest absolute Gasteiger partial charge is 0.234 e. The second kappa shape index (κ2) is 10.5. The van der Waals surface area contributed by atoms with E-state index in [1.54, 1.807) is 21.6 Å². The summed E-state index contributed by atoms with van der Waals surface area (Å²) in [5, 5.41) is 0. The lowest BCUT2D eigenvalue weighted by molar-refractivity contribution is 0.563. The van der Waals surface area contributed by atoms with Crippen LogP contribution in [-0.4, -0.2) is 36.5 Å². The zero-order valence-electron chi connectivity index (χ0n) is 6.65. The first-order chi connectivity index (χ1) is 5.91. The quantitative estimate of drug-likeness (QED) is 0.272. The molecule has 5 heteroatoms. The van der Waals surface area contributed by atoms with E-state index in [1.807, 2.05) is 0 Å². The predicted octanol–water partition coefficient (Wildman–Crippen LogP) is 1.56. The molecule has 0 aliphatic carbocycles. The van der Waals surface area contributed by atoms with E-state index < -0.39 is 0 Å². The van der Waals surface area contributed by atoms with E-state index in [4.69, 9.17) is 0 Å². The lowest BCUT2D eigenvalue weighted by Gasteiger charge is -1.93. The van der Waals surface area contributed by atoms with E-state index >= 15 is 0 Å². The number of hydrogen-bond donors (Lipinski definition) is 0. The first kappa shape index (κ1) is 11.5. The summed E-state index contributed by atoms with van der Waals surface area (Å²) < 4.78 is 0. The van der Waals surface area contributed by atoms with E-state index in [1.165, 1.54) is 6.08 Å². The van der Waals surface area contributed by atoms with Crippen molar-refractivity contribution in [3.05, 3.63) is 6.58 Å². The Balaban J connectivity index is 3.00. The molecule has 0 aliphatic heterocycles. The minimum atomic E-state index is 0.548. The second-order valence-corrected chi connectivity index (χ2v) is 4.36. The average molecular weight is 202 g/mol. The highest BCUT2D eigenvalue weighted by Gasteiger charge is 1.88. The topological polar surface area (TPSA) is 41.8 Å². The fourth-order valence-corrected chi connectivity index (χ4v) is 2.13. The average Bonchev–Trinajstić information content (AvgIpc) is 2.10. The minimum Gasteiger partial charge on any atom is -0.243 e. The molecule has 0 spiro atoms. The first-order valence-electron chi connectivity index (χ1n) is 3.38. The maximum absolute atomic E-state index is 9.64. The molecular weight excluding hydrogens is 192 g/mol. The van der Waals surface area contributed by atoms with E-state index in [0.717, 1.165) is 18.1 Å². The summed E-state index contributed by atoms with van der Waals surface area (Å²) in [5.41, 5.74) is 0. The van der Waals surface area contributed by atoms with Crippen LogP contribution in [0.15, 0.2) is 16.6 Å². The largest absolute Gasteiger partial charge is 0.243 e. The zero-order valence-corrected chi connectivity index (χ0v) is 8.29. The lowest BCUT2D eigenvalue weighted by atomic mass is 10.8. The van der Waals surface area contributed by atoms with Gasteiger partial charge in [0.1, 0.15) is 0 Å². The van der Waals surface area contributed by atoms with Crippen molar-refractivity contribution in [3.8, 4) is 0 Å². The highest BCUT2D eigenvalue weighted by molar-refractivity contribution is 8.76. The molecule has 0 saturated heterocycles. The molecule has 0 aromatic heterocycles. The van der Waals surface area contributed by atoms with E-state index in [9.17, 15) is 4.79 Å². The van der Waals surface area contributed by atoms with Crippen LogP contribution >= 0.6 is 21.6 Å². The minimum absolute atomic E-state index is 0.548. The second-order valence-electron chi connectivity index (χ2n) is 1.66. The Hall–Kier alpha value is -0.470. The summed E-state index contributed by atoms with van der Waals surface area (Å²) in [4.78, 5) is 16.9. The molecule has 0 unspecified atom stereocenters. The molecule has 3 nitrogen and oxygen atoms in total. The highest BCUT2D eigenvalue weighted by atomic mass is 33.1. The van der Waals surface area contributed by atoms with Crippen LogP contribution in [0, 0.1) is 0 Å². The van der Waals surface area contributed by atoms with Gasteiger partial charge >= 0.3 is 0 Å². The molecule has 0 fully saturated rings. The standard InChI is InChI=1S/C7H10N2OS2/c1-2-8-3-5-11-12-6-4-9-7-10/h1,3-6H2. The molecule has 0 aliphatic rings. The van der Waals surface area contributed by atoms with Gasteiger partial charge in [0.2, 0.25) is 6.08 Å². The Kier molecular flexibility index (Phi) is 10.1. The Labute approximate surface area is 79.8 Å². The Bertz CT molecular complexity index is 174. The molecular formula is C7H10N2OS2. The number of hydrogen-bond acceptors (Lipinski definition) is 5. The molecule has 0 radical (unpaired) electrons. The molecule has 0 saturated carbocycles. The molecule has 0 amide bonds. The number of isocyanates is 1. The van der Waals surface area contributed by atoms with Gasteiger partial charge in [-0.15, -0.1) is 0 Å². The number of aliphatic imine (C=N–C) groups is 2. The molecule has 12 heavy (non-hydrogen) atoms. The van der Waals surface area contributed by atoms with Crippen LogP contribution in [0.25, 0.3) is 0 Å². The summed E-state index contributed by atoms with van der Waals surface area (Å²) in [6, 6.07) is 0. The van der Waals surface area contributed by atoms with Crippen molar-refractivity contribution in [2.45, 2.75) is 0 Å². The summed E-state index contributed by atoms with van der Waals surface area (Å²) in [6.45, 7) is 4.65. The van der Waals surface area contributed by atoms with Gasteiger partial charge in [0.25, 0.3) is 0 Å². The van der Waals surface area contributed by atoms with Crippen LogP contribution in [0.3, 0.4) is 0 Å². The van der Waals surface area contributed by atoms with Gasteiger partial charge in [-0.25, -0.2) is 14.8 Å². The van der Waals surface area contributed by atoms with Crippen molar-refractivity contribution in [2.24, 2.45) is 9.98 Å². The van der Waals surface area contributed by atoms with Gasteiger partial charge in [0.05, 0.1) is 13.1 Å². The molecule has 0 atom stereocenters. The molecule has 0 aromatic rings. The molecule has 0 bridgehead atoms. The third kappa shape index (κ3) is 9.53. The lowest BCUT2D eigenvalue weighted by Crippen LogP contribution is -1.84. The maximum atomic E-state index is 9.64. The first-order valence-corrected chi connectivity index (χ1v) is 5.87. The van der Waals surface area contributed by atoms with Crippen LogP contribution in [0.2, 0.25) is 0 Å². The van der Waals surface area contributed by atoms with Crippen molar-refractivity contribution < 1.29 is 4.79 Å². The molecule has 0 heterocycles. The van der Waals surface area contributed by atoms with Crippen molar-refractivity contribution in [1.82, 2.24) is 0 Å². The van der Waals surface area contributed by atoms with Crippen LogP contribution in [0.4, 0.5) is 0 Å². The number of carbonyl (C=O) groups excluding carboxylic acids is 1. The van der Waals surface area contributed by atoms with Crippen LogP contribution < -0.4 is 0 Å². The van der Waals surface area contributed by atoms with Gasteiger partial charge in [-0.1, -0.05) is 21.6 Å². The predicted molar refractivity (Wildman–Crippen MR) is 55.8 cm³/mol. The number of nitrogens with zero attached hydrogens (tertiary/aromatic N) is 2. The zero-order chi connectivity index (χ0) is 9.07. The van der Waals surface area contributed by atoms with Gasteiger partial charge in [-0.05, 0) is 12.4 Å². The fraction of sp³-hybridized carbons (Fsp3) is 0.571. The Morgan fingerprint density at radius 3 is 2.25 bits per heavy atom. The summed E-state index contributed by atoms with van der Waals surface area (Å²) in [7, 11) is 3.39. The van der Waals surface area contributed by atoms with Crippen LogP contribution in [0.5, 0.6) is 0 Å². The normalized spacial score (nSPS) is 8.33. The third-order valence-corrected chi connectivity index (χ3v) is 3.20. The molecule has 0 aromatic carbocycles. The summed E-state index contributed by atoms with van der Waals surface area (Å²) >= 11 is 0. The molecule has 66 valence electrons. The third-order valence-electron chi connectivity index (χ3n) is 0.833. The summed E-state index contributed by atoms with van der Waals surface area (Å²) in [6.07, 6.45) is 1.49. The van der Waals surface area contributed by atoms with Gasteiger partial charge in [-0.3, -0.25) is 0 Å². The Morgan fingerprint density at radius 1 is 1.17 bits per heavy atom. The molecule has 0 N–H and O–H groups in total. The van der Waals surface area contributed by atoms with Gasteiger partial charge in [0.15, 0.2) is 0 Å². The van der Waals surface area contributed by atoms with Crippen molar-refractivity contribution in [1.29, 1.82) is 0 Å². The number of rotatable bonds is 7.